The van der Waals surface area contributed by atoms with Gasteiger partial charge in [0.2, 0.25) is 0 Å². The molecule has 0 fully saturated rings. The first-order chi connectivity index (χ1) is 12.6. The van der Waals surface area contributed by atoms with Gasteiger partial charge in [0.05, 0.1) is 16.5 Å². The van der Waals surface area contributed by atoms with Gasteiger partial charge in [0.1, 0.15) is 0 Å². The molecule has 3 rings (SSSR count). The molecule has 0 unspecified atom stereocenters. The predicted octanol–water partition coefficient (Wildman–Crippen LogP) is 5.22. The minimum Gasteiger partial charge on any atom is -0.481 e. The lowest BCUT2D eigenvalue weighted by molar-refractivity contribution is -0.133. The Labute approximate surface area is 162 Å². The molecular weight excluding hydrogens is 362 g/mol. The van der Waals surface area contributed by atoms with E-state index in [0.29, 0.717) is 0 Å². The van der Waals surface area contributed by atoms with Crippen molar-refractivity contribution < 1.29 is 9.90 Å². The van der Waals surface area contributed by atoms with Crippen molar-refractivity contribution in [2.24, 2.45) is 0 Å². The fourth-order valence-electron chi connectivity index (χ4n) is 2.67. The van der Waals surface area contributed by atoms with Crippen molar-refractivity contribution in [1.29, 1.82) is 0 Å². The third-order valence-electron chi connectivity index (χ3n) is 4.01. The van der Waals surface area contributed by atoms with Crippen LogP contribution in [0.4, 0.5) is 0 Å². The summed E-state index contributed by atoms with van der Waals surface area (Å²) in [5.41, 5.74) is 5.91. The number of thioether (sulfide) groups is 1. The monoisotopic (exact) mass is 383 g/mol. The van der Waals surface area contributed by atoms with Crippen LogP contribution >= 0.6 is 23.1 Å². The van der Waals surface area contributed by atoms with Gasteiger partial charge in [0.15, 0.2) is 0 Å². The molecule has 0 bridgehead atoms. The summed E-state index contributed by atoms with van der Waals surface area (Å²) in [5.74, 6) is 0.111. The molecule has 1 heterocycles. The number of carboxylic acid groups (broad SMARTS) is 1. The van der Waals surface area contributed by atoms with Crippen LogP contribution in [0.3, 0.4) is 0 Å². The average molecular weight is 384 g/mol. The molecule has 0 spiro atoms. The molecule has 134 valence electrons. The van der Waals surface area contributed by atoms with Gasteiger partial charge in [-0.05, 0) is 24.5 Å². The zero-order valence-corrected chi connectivity index (χ0v) is 16.3. The molecule has 3 nitrogen and oxygen atoms in total. The van der Waals surface area contributed by atoms with Crippen molar-refractivity contribution >= 4 is 29.1 Å². The number of hydrogen-bond acceptors (Lipinski definition) is 4. The van der Waals surface area contributed by atoms with Gasteiger partial charge in [0, 0.05) is 23.1 Å². The van der Waals surface area contributed by atoms with Crippen LogP contribution in [0.25, 0.3) is 11.3 Å². The molecule has 1 N–H and O–H groups in total. The minimum absolute atomic E-state index is 0.144. The van der Waals surface area contributed by atoms with Crippen LogP contribution in [0.1, 0.15) is 21.7 Å². The Kier molecular flexibility index (Phi) is 6.47. The maximum atomic E-state index is 10.6. The molecule has 0 amide bonds. The Morgan fingerprint density at radius 1 is 1.12 bits per heavy atom. The van der Waals surface area contributed by atoms with Crippen LogP contribution in [-0.2, 0) is 23.4 Å². The van der Waals surface area contributed by atoms with Gasteiger partial charge in [0.25, 0.3) is 0 Å². The molecule has 0 aliphatic carbocycles. The van der Waals surface area contributed by atoms with Gasteiger partial charge < -0.3 is 5.11 Å². The van der Waals surface area contributed by atoms with Gasteiger partial charge in [-0.15, -0.1) is 23.1 Å². The topological polar surface area (TPSA) is 50.2 Å². The number of thiazole rings is 1. The van der Waals surface area contributed by atoms with Crippen LogP contribution < -0.4 is 0 Å². The first kappa shape index (κ1) is 18.7. The quantitative estimate of drug-likeness (QED) is 0.579. The Balaban J connectivity index is 1.57. The fourth-order valence-corrected chi connectivity index (χ4v) is 4.16. The summed E-state index contributed by atoms with van der Waals surface area (Å²) in [6.07, 6.45) is 1.86. The van der Waals surface area contributed by atoms with E-state index in [4.69, 9.17) is 10.1 Å². The van der Waals surface area contributed by atoms with Crippen molar-refractivity contribution in [3.63, 3.8) is 0 Å². The lowest BCUT2D eigenvalue weighted by Gasteiger charge is -2.04. The first-order valence-corrected chi connectivity index (χ1v) is 10.5. The van der Waals surface area contributed by atoms with Gasteiger partial charge in [-0.25, -0.2) is 4.98 Å². The number of aromatic nitrogens is 1. The van der Waals surface area contributed by atoms with Gasteiger partial charge >= 0.3 is 5.97 Å². The number of hydrogen-bond donors (Lipinski definition) is 1. The maximum absolute atomic E-state index is 10.6. The Morgan fingerprint density at radius 3 is 2.65 bits per heavy atom. The lowest BCUT2D eigenvalue weighted by Crippen LogP contribution is -1.98. The van der Waals surface area contributed by atoms with E-state index in [0.717, 1.165) is 34.9 Å². The molecular formula is C21H21NO2S2. The van der Waals surface area contributed by atoms with Crippen molar-refractivity contribution in [3.8, 4) is 11.3 Å². The van der Waals surface area contributed by atoms with Crippen molar-refractivity contribution in [1.82, 2.24) is 4.98 Å². The SMILES string of the molecule is Cc1ccc(-c2csc(CCc3cccc(CSCC(=O)O)c3)n2)cc1. The normalized spacial score (nSPS) is 10.8. The summed E-state index contributed by atoms with van der Waals surface area (Å²) < 4.78 is 0. The molecule has 1 aromatic heterocycles. The highest BCUT2D eigenvalue weighted by Gasteiger charge is 2.06. The van der Waals surface area contributed by atoms with Crippen LogP contribution in [0.5, 0.6) is 0 Å². The summed E-state index contributed by atoms with van der Waals surface area (Å²) in [6, 6.07) is 16.9. The van der Waals surface area contributed by atoms with E-state index < -0.39 is 5.97 Å². The second-order valence-electron chi connectivity index (χ2n) is 6.20. The number of carboxylic acids is 1. The van der Waals surface area contributed by atoms with Gasteiger partial charge in [-0.3, -0.25) is 4.79 Å². The number of aliphatic carboxylic acids is 1. The number of carbonyl (C=O) groups is 1. The van der Waals surface area contributed by atoms with Crippen molar-refractivity contribution in [2.45, 2.75) is 25.5 Å². The molecule has 0 radical (unpaired) electrons. The predicted molar refractivity (Wildman–Crippen MR) is 110 cm³/mol. The summed E-state index contributed by atoms with van der Waals surface area (Å²) >= 11 is 3.14. The summed E-state index contributed by atoms with van der Waals surface area (Å²) in [6.45, 7) is 2.09. The number of rotatable bonds is 8. The van der Waals surface area contributed by atoms with E-state index in [1.807, 2.05) is 6.07 Å². The van der Waals surface area contributed by atoms with Gasteiger partial charge in [-0.1, -0.05) is 54.1 Å². The summed E-state index contributed by atoms with van der Waals surface area (Å²) in [7, 11) is 0. The lowest BCUT2D eigenvalue weighted by atomic mass is 10.1. The molecule has 0 aliphatic rings. The molecule has 0 atom stereocenters. The van der Waals surface area contributed by atoms with E-state index in [-0.39, 0.29) is 5.75 Å². The van der Waals surface area contributed by atoms with E-state index in [9.17, 15) is 4.79 Å². The second-order valence-corrected chi connectivity index (χ2v) is 8.13. The molecule has 2 aromatic carbocycles. The number of aryl methyl sites for hydroxylation is 3. The molecule has 0 aliphatic heterocycles. The van der Waals surface area contributed by atoms with Crippen molar-refractivity contribution in [3.05, 3.63) is 75.6 Å². The summed E-state index contributed by atoms with van der Waals surface area (Å²) in [5, 5.41) is 12.0. The van der Waals surface area contributed by atoms with Crippen molar-refractivity contribution in [2.75, 3.05) is 5.75 Å². The first-order valence-electron chi connectivity index (χ1n) is 8.49. The summed E-state index contributed by atoms with van der Waals surface area (Å²) in [4.78, 5) is 15.4. The third-order valence-corrected chi connectivity index (χ3v) is 5.91. The highest BCUT2D eigenvalue weighted by molar-refractivity contribution is 7.99. The molecule has 0 saturated carbocycles. The van der Waals surface area contributed by atoms with Crippen LogP contribution in [0.15, 0.2) is 53.9 Å². The maximum Gasteiger partial charge on any atom is 0.313 e. The molecule has 5 heteroatoms. The molecule has 0 saturated heterocycles. The average Bonchev–Trinajstić information content (AvgIpc) is 3.10. The Morgan fingerprint density at radius 2 is 1.88 bits per heavy atom. The van der Waals surface area contributed by atoms with E-state index in [1.54, 1.807) is 11.3 Å². The second kappa shape index (κ2) is 9.01. The van der Waals surface area contributed by atoms with Gasteiger partial charge in [-0.2, -0.15) is 0 Å². The molecule has 26 heavy (non-hydrogen) atoms. The fraction of sp³-hybridized carbons (Fsp3) is 0.238. The number of benzene rings is 2. The Hall–Kier alpha value is -2.11. The minimum atomic E-state index is -0.765. The Bertz CT molecular complexity index is 872. The third kappa shape index (κ3) is 5.44. The van der Waals surface area contributed by atoms with E-state index >= 15 is 0 Å². The van der Waals surface area contributed by atoms with Crippen LogP contribution in [-0.4, -0.2) is 21.8 Å². The van der Waals surface area contributed by atoms with Crippen LogP contribution in [0.2, 0.25) is 0 Å². The zero-order valence-electron chi connectivity index (χ0n) is 14.6. The van der Waals surface area contributed by atoms with E-state index in [1.165, 1.54) is 28.5 Å². The highest BCUT2D eigenvalue weighted by atomic mass is 32.2. The number of nitrogens with zero attached hydrogens (tertiary/aromatic N) is 1. The smallest absolute Gasteiger partial charge is 0.313 e. The largest absolute Gasteiger partial charge is 0.481 e. The molecule has 3 aromatic rings. The van der Waals surface area contributed by atoms with Crippen LogP contribution in [0, 0.1) is 6.92 Å². The van der Waals surface area contributed by atoms with E-state index in [2.05, 4.69) is 54.8 Å². The zero-order chi connectivity index (χ0) is 18.4. The standard InChI is InChI=1S/C21H21NO2S2/c1-15-5-8-18(9-6-15)19-13-26-20(22-19)10-7-16-3-2-4-17(11-16)12-25-14-21(23)24/h2-6,8-9,11,13H,7,10,12,14H2,1H3,(H,23,24). The highest BCUT2D eigenvalue weighted by Crippen LogP contribution is 2.23.